The van der Waals surface area contributed by atoms with Crippen LogP contribution in [0.5, 0.6) is 0 Å². The van der Waals surface area contributed by atoms with E-state index in [1.807, 2.05) is 0 Å². The summed E-state index contributed by atoms with van der Waals surface area (Å²) in [5, 5.41) is 0. The summed E-state index contributed by atoms with van der Waals surface area (Å²) in [6.45, 7) is 1.67. The molecule has 0 saturated carbocycles. The molecule has 1 aliphatic carbocycles. The van der Waals surface area contributed by atoms with Gasteiger partial charge in [-0.25, -0.2) is 9.29 Å². The van der Waals surface area contributed by atoms with Gasteiger partial charge in [0.25, 0.3) is 11.8 Å². The number of hydrogen-bond acceptors (Lipinski definition) is 4. The number of imide groups is 1. The van der Waals surface area contributed by atoms with Gasteiger partial charge >= 0.3 is 0 Å². The first-order chi connectivity index (χ1) is 12.3. The van der Waals surface area contributed by atoms with Gasteiger partial charge < -0.3 is 4.90 Å². The molecule has 4 rings (SSSR count). The van der Waals surface area contributed by atoms with Crippen LogP contribution in [0.1, 0.15) is 38.2 Å². The number of hydrogen-bond donors (Lipinski definition) is 0. The maximum atomic E-state index is 15.5. The standard InChI is InChI=1S/C19H19FN2O3S/c1-19(26-3)14-12(21(2)18(19)25)8-9-13(15(14)20)22-16(23)10-6-4-5-7-11(10)17(22)24/h8-9H,4-7H2,1-3H3. The Morgan fingerprint density at radius 3 is 2.12 bits per heavy atom. The van der Waals surface area contributed by atoms with E-state index in [9.17, 15) is 14.4 Å². The van der Waals surface area contributed by atoms with E-state index in [0.717, 1.165) is 17.7 Å². The summed E-state index contributed by atoms with van der Waals surface area (Å²) >= 11 is 1.25. The Bertz CT molecular complexity index is 882. The number of rotatable bonds is 2. The third-order valence-corrected chi connectivity index (χ3v) is 6.89. The molecule has 136 valence electrons. The average molecular weight is 374 g/mol. The summed E-state index contributed by atoms with van der Waals surface area (Å²) in [4.78, 5) is 40.5. The molecule has 1 aromatic carbocycles. The highest BCUT2D eigenvalue weighted by Gasteiger charge is 2.50. The summed E-state index contributed by atoms with van der Waals surface area (Å²) in [6.07, 6.45) is 4.60. The number of anilines is 2. The molecule has 2 heterocycles. The van der Waals surface area contributed by atoms with Crippen molar-refractivity contribution in [2.45, 2.75) is 37.4 Å². The molecular formula is C19H19FN2O3S. The maximum Gasteiger partial charge on any atom is 0.261 e. The average Bonchev–Trinajstić information content (AvgIpc) is 3.01. The van der Waals surface area contributed by atoms with Crippen molar-refractivity contribution in [1.29, 1.82) is 0 Å². The molecule has 1 aromatic rings. The molecule has 0 bridgehead atoms. The summed E-state index contributed by atoms with van der Waals surface area (Å²) in [5.41, 5.74) is 1.69. The van der Waals surface area contributed by atoms with Gasteiger partial charge in [-0.15, -0.1) is 11.8 Å². The van der Waals surface area contributed by atoms with Gasteiger partial charge in [-0.05, 0) is 51.0 Å². The van der Waals surface area contributed by atoms with Crippen molar-refractivity contribution < 1.29 is 18.8 Å². The number of thioether (sulfide) groups is 1. The highest BCUT2D eigenvalue weighted by atomic mass is 32.2. The fourth-order valence-electron chi connectivity index (χ4n) is 4.14. The molecule has 0 fully saturated rings. The van der Waals surface area contributed by atoms with Gasteiger partial charge in [-0.2, -0.15) is 0 Å². The number of halogens is 1. The van der Waals surface area contributed by atoms with Gasteiger partial charge in [-0.3, -0.25) is 14.4 Å². The van der Waals surface area contributed by atoms with E-state index >= 15 is 4.39 Å². The van der Waals surface area contributed by atoms with Gasteiger partial charge in [0, 0.05) is 23.8 Å². The van der Waals surface area contributed by atoms with Crippen molar-refractivity contribution in [2.24, 2.45) is 0 Å². The Labute approximate surface area is 155 Å². The van der Waals surface area contributed by atoms with Crippen molar-refractivity contribution in [2.75, 3.05) is 23.1 Å². The number of likely N-dealkylation sites (N-methyl/N-ethyl adjacent to an activating group) is 1. The van der Waals surface area contributed by atoms with Gasteiger partial charge in [0.2, 0.25) is 5.91 Å². The first-order valence-corrected chi connectivity index (χ1v) is 9.82. The van der Waals surface area contributed by atoms with E-state index in [1.165, 1.54) is 22.7 Å². The quantitative estimate of drug-likeness (QED) is 0.747. The van der Waals surface area contributed by atoms with Crippen LogP contribution < -0.4 is 9.80 Å². The molecule has 3 aliphatic rings. The monoisotopic (exact) mass is 374 g/mol. The second-order valence-electron chi connectivity index (χ2n) is 7.00. The smallest absolute Gasteiger partial charge is 0.261 e. The lowest BCUT2D eigenvalue weighted by atomic mass is 9.93. The molecule has 2 aliphatic heterocycles. The van der Waals surface area contributed by atoms with Crippen LogP contribution in [0.2, 0.25) is 0 Å². The zero-order valence-electron chi connectivity index (χ0n) is 14.9. The summed E-state index contributed by atoms with van der Waals surface area (Å²) < 4.78 is 14.4. The Morgan fingerprint density at radius 1 is 1.04 bits per heavy atom. The van der Waals surface area contributed by atoms with E-state index in [2.05, 4.69) is 0 Å². The number of amides is 3. The Morgan fingerprint density at radius 2 is 1.58 bits per heavy atom. The highest BCUT2D eigenvalue weighted by molar-refractivity contribution is 8.00. The van der Waals surface area contributed by atoms with Crippen molar-refractivity contribution >= 4 is 40.9 Å². The predicted molar refractivity (Wildman–Crippen MR) is 98.7 cm³/mol. The molecule has 0 aromatic heterocycles. The normalized spacial score (nSPS) is 25.3. The van der Waals surface area contributed by atoms with Crippen LogP contribution in [0.15, 0.2) is 23.3 Å². The van der Waals surface area contributed by atoms with Gasteiger partial charge in [0.15, 0.2) is 5.82 Å². The molecule has 1 atom stereocenters. The van der Waals surface area contributed by atoms with Crippen LogP contribution >= 0.6 is 11.8 Å². The van der Waals surface area contributed by atoms with Crippen molar-refractivity contribution in [3.05, 3.63) is 34.7 Å². The maximum absolute atomic E-state index is 15.5. The van der Waals surface area contributed by atoms with Crippen LogP contribution in [0, 0.1) is 5.82 Å². The third kappa shape index (κ3) is 2.00. The molecule has 0 radical (unpaired) electrons. The second-order valence-corrected chi connectivity index (χ2v) is 8.23. The molecule has 1 unspecified atom stereocenters. The van der Waals surface area contributed by atoms with E-state index in [4.69, 9.17) is 0 Å². The minimum Gasteiger partial charge on any atom is -0.314 e. The molecule has 0 N–H and O–H groups in total. The minimum atomic E-state index is -1.08. The zero-order chi connectivity index (χ0) is 18.8. The topological polar surface area (TPSA) is 57.7 Å². The van der Waals surface area contributed by atoms with Gasteiger partial charge in [0.05, 0.1) is 11.4 Å². The Kier molecular flexibility index (Phi) is 3.77. The predicted octanol–water partition coefficient (Wildman–Crippen LogP) is 3.12. The van der Waals surface area contributed by atoms with E-state index < -0.39 is 22.4 Å². The van der Waals surface area contributed by atoms with Crippen molar-refractivity contribution in [3.8, 4) is 0 Å². The van der Waals surface area contributed by atoms with E-state index in [-0.39, 0.29) is 17.2 Å². The van der Waals surface area contributed by atoms with E-state index in [0.29, 0.717) is 29.7 Å². The molecule has 0 saturated heterocycles. The zero-order valence-corrected chi connectivity index (χ0v) is 15.7. The molecule has 26 heavy (non-hydrogen) atoms. The number of benzene rings is 1. The summed E-state index contributed by atoms with van der Waals surface area (Å²) in [6, 6.07) is 3.04. The van der Waals surface area contributed by atoms with Crippen molar-refractivity contribution in [1.82, 2.24) is 0 Å². The lowest BCUT2D eigenvalue weighted by molar-refractivity contribution is -0.121. The molecular weight excluding hydrogens is 355 g/mol. The molecule has 0 spiro atoms. The lowest BCUT2D eigenvalue weighted by Gasteiger charge is -2.23. The minimum absolute atomic E-state index is 0.0588. The third-order valence-electron chi connectivity index (χ3n) is 5.69. The largest absolute Gasteiger partial charge is 0.314 e. The second kappa shape index (κ2) is 5.67. The number of carbonyl (C=O) groups excluding carboxylic acids is 3. The molecule has 7 heteroatoms. The van der Waals surface area contributed by atoms with Crippen LogP contribution in [0.4, 0.5) is 15.8 Å². The SMILES string of the molecule is CSC1(C)C(=O)N(C)c2ccc(N3C(=O)C4=C(CCCC4)C3=O)c(F)c21. The van der Waals surface area contributed by atoms with E-state index in [1.54, 1.807) is 26.3 Å². The van der Waals surface area contributed by atoms with Gasteiger partial charge in [0.1, 0.15) is 4.75 Å². The first kappa shape index (κ1) is 17.3. The van der Waals surface area contributed by atoms with Gasteiger partial charge in [-0.1, -0.05) is 0 Å². The first-order valence-electron chi connectivity index (χ1n) is 8.60. The van der Waals surface area contributed by atoms with Crippen LogP contribution in [-0.2, 0) is 19.1 Å². The van der Waals surface area contributed by atoms with Crippen molar-refractivity contribution in [3.63, 3.8) is 0 Å². The molecule has 5 nitrogen and oxygen atoms in total. The summed E-state index contributed by atoms with van der Waals surface area (Å²) in [7, 11) is 1.61. The van der Waals surface area contributed by atoms with Crippen LogP contribution in [0.3, 0.4) is 0 Å². The fourth-order valence-corrected chi connectivity index (χ4v) is 4.85. The lowest BCUT2D eigenvalue weighted by Crippen LogP contribution is -2.34. The fraction of sp³-hybridized carbons (Fsp3) is 0.421. The Hall–Kier alpha value is -2.15. The summed E-state index contributed by atoms with van der Waals surface area (Å²) in [5.74, 6) is -1.73. The number of fused-ring (bicyclic) bond motifs is 1. The number of nitrogens with zero attached hydrogens (tertiary/aromatic N) is 2. The highest BCUT2D eigenvalue weighted by Crippen LogP contribution is 2.50. The van der Waals surface area contributed by atoms with Crippen LogP contribution in [-0.4, -0.2) is 31.0 Å². The molecule has 3 amide bonds. The Balaban J connectivity index is 1.86. The number of carbonyl (C=O) groups is 3. The van der Waals surface area contributed by atoms with Crippen LogP contribution in [0.25, 0.3) is 0 Å².